The molecule has 1 aliphatic rings. The largest absolute Gasteiger partial charge is 0.497 e. The van der Waals surface area contributed by atoms with Crippen LogP contribution in [0.25, 0.3) is 0 Å². The van der Waals surface area contributed by atoms with E-state index in [4.69, 9.17) is 9.47 Å². The molecule has 4 rings (SSSR count). The molecular formula is C23H25N5O5S. The van der Waals surface area contributed by atoms with Gasteiger partial charge in [0.1, 0.15) is 35.2 Å². The van der Waals surface area contributed by atoms with Crippen LogP contribution in [0.4, 0.5) is 0 Å². The van der Waals surface area contributed by atoms with E-state index in [1.54, 1.807) is 74.5 Å². The summed E-state index contributed by atoms with van der Waals surface area (Å²) < 4.78 is 39.7. The lowest BCUT2D eigenvalue weighted by Gasteiger charge is -2.21. The molecule has 0 radical (unpaired) electrons. The Morgan fingerprint density at radius 3 is 2.44 bits per heavy atom. The van der Waals surface area contributed by atoms with Crippen LogP contribution in [0.1, 0.15) is 29.9 Å². The van der Waals surface area contributed by atoms with Gasteiger partial charge in [-0.05, 0) is 36.8 Å². The standard InChI is InChI=1S/C23H25N5O5S/c1-14(25-21-18-7-5-6-8-19(18)34(30,31)27-21)23(29)26-20(22-24-9-10-28(22)2)15-11-16(32-3)13-17(12-15)33-4/h5-14,20H,1-4H3,(H,25,27)(H,26,29)/t14-,20?/m0/s1. The summed E-state index contributed by atoms with van der Waals surface area (Å²) in [6.45, 7) is 1.60. The van der Waals surface area contributed by atoms with E-state index >= 15 is 0 Å². The molecule has 0 spiro atoms. The van der Waals surface area contributed by atoms with Crippen LogP contribution >= 0.6 is 0 Å². The van der Waals surface area contributed by atoms with Crippen molar-refractivity contribution in [2.24, 2.45) is 12.0 Å². The van der Waals surface area contributed by atoms with E-state index in [9.17, 15) is 13.2 Å². The number of amidine groups is 1. The molecule has 2 N–H and O–H groups in total. The number of benzene rings is 2. The number of rotatable bonds is 7. The number of methoxy groups -OCH3 is 2. The molecule has 1 aromatic heterocycles. The van der Waals surface area contributed by atoms with Crippen molar-refractivity contribution in [3.63, 3.8) is 0 Å². The summed E-state index contributed by atoms with van der Waals surface area (Å²) in [7, 11) is 1.22. The van der Waals surface area contributed by atoms with Crippen molar-refractivity contribution in [1.29, 1.82) is 0 Å². The first-order chi connectivity index (χ1) is 16.2. The predicted molar refractivity (Wildman–Crippen MR) is 126 cm³/mol. The van der Waals surface area contributed by atoms with Crippen molar-refractivity contribution in [2.45, 2.75) is 23.9 Å². The van der Waals surface area contributed by atoms with Gasteiger partial charge in [0.05, 0.1) is 19.1 Å². The number of carbonyl (C=O) groups excluding carboxylic acids is 1. The van der Waals surface area contributed by atoms with Crippen LogP contribution in [-0.4, -0.2) is 50.0 Å². The Kier molecular flexibility index (Phi) is 6.29. The number of aryl methyl sites for hydroxylation is 1. The lowest BCUT2D eigenvalue weighted by molar-refractivity contribution is -0.122. The van der Waals surface area contributed by atoms with Gasteiger partial charge < -0.3 is 19.4 Å². The zero-order valence-electron chi connectivity index (χ0n) is 19.1. The highest BCUT2D eigenvalue weighted by molar-refractivity contribution is 7.90. The number of aliphatic imine (C=N–C) groups is 1. The summed E-state index contributed by atoms with van der Waals surface area (Å²) in [5.41, 5.74) is 1.13. The highest BCUT2D eigenvalue weighted by Crippen LogP contribution is 2.30. The second-order valence-electron chi connectivity index (χ2n) is 7.74. The van der Waals surface area contributed by atoms with Gasteiger partial charge in [-0.3, -0.25) is 14.5 Å². The Labute approximate surface area is 197 Å². The van der Waals surface area contributed by atoms with E-state index in [1.165, 1.54) is 6.07 Å². The summed E-state index contributed by atoms with van der Waals surface area (Å²) in [6.07, 6.45) is 3.42. The number of carbonyl (C=O) groups is 1. The van der Waals surface area contributed by atoms with E-state index in [-0.39, 0.29) is 10.7 Å². The molecule has 178 valence electrons. The number of amides is 1. The molecule has 1 unspecified atom stereocenters. The molecule has 1 amide bonds. The third-order valence-corrected chi connectivity index (χ3v) is 6.87. The Morgan fingerprint density at radius 1 is 1.15 bits per heavy atom. The van der Waals surface area contributed by atoms with Gasteiger partial charge in [-0.15, -0.1) is 0 Å². The first kappa shape index (κ1) is 23.3. The lowest BCUT2D eigenvalue weighted by Crippen LogP contribution is -2.37. The SMILES string of the molecule is COc1cc(OC)cc(C(NC(=O)[C@H](C)N=C2NS(=O)(=O)c3ccccc32)c2nccn2C)c1. The van der Waals surface area contributed by atoms with Crippen molar-refractivity contribution in [3.05, 3.63) is 71.8 Å². The van der Waals surface area contributed by atoms with Gasteiger partial charge in [0, 0.05) is 31.1 Å². The molecular weight excluding hydrogens is 458 g/mol. The van der Waals surface area contributed by atoms with Crippen molar-refractivity contribution in [1.82, 2.24) is 19.6 Å². The Bertz CT molecular complexity index is 1340. The molecule has 2 atom stereocenters. The molecule has 0 saturated heterocycles. The minimum atomic E-state index is -3.70. The molecule has 0 saturated carbocycles. The quantitative estimate of drug-likeness (QED) is 0.528. The normalized spacial score (nSPS) is 16.9. The van der Waals surface area contributed by atoms with Crippen LogP contribution in [0.2, 0.25) is 0 Å². The van der Waals surface area contributed by atoms with E-state index in [2.05, 4.69) is 20.0 Å². The maximum Gasteiger partial charge on any atom is 0.263 e. The number of nitrogens with one attached hydrogen (secondary N) is 2. The van der Waals surface area contributed by atoms with Crippen LogP contribution in [0.5, 0.6) is 11.5 Å². The summed E-state index contributed by atoms with van der Waals surface area (Å²) in [5, 5.41) is 2.98. The molecule has 0 bridgehead atoms. The smallest absolute Gasteiger partial charge is 0.263 e. The van der Waals surface area contributed by atoms with E-state index < -0.39 is 28.0 Å². The number of hydrogen-bond donors (Lipinski definition) is 2. The summed E-state index contributed by atoms with van der Waals surface area (Å²) in [5.74, 6) is 1.44. The number of hydrogen-bond acceptors (Lipinski definition) is 7. The molecule has 11 heteroatoms. The summed E-state index contributed by atoms with van der Waals surface area (Å²) in [4.78, 5) is 22.1. The maximum absolute atomic E-state index is 13.2. The van der Waals surface area contributed by atoms with Gasteiger partial charge in [-0.2, -0.15) is 0 Å². The topological polar surface area (TPSA) is 124 Å². The van der Waals surface area contributed by atoms with E-state index in [0.717, 1.165) is 0 Å². The highest BCUT2D eigenvalue weighted by Gasteiger charge is 2.32. The number of fused-ring (bicyclic) bond motifs is 1. The van der Waals surface area contributed by atoms with Crippen molar-refractivity contribution < 1.29 is 22.7 Å². The molecule has 34 heavy (non-hydrogen) atoms. The Balaban J connectivity index is 1.66. The number of ether oxygens (including phenoxy) is 2. The fraction of sp³-hybridized carbons (Fsp3) is 0.261. The summed E-state index contributed by atoms with van der Waals surface area (Å²) >= 11 is 0. The highest BCUT2D eigenvalue weighted by atomic mass is 32.2. The minimum Gasteiger partial charge on any atom is -0.497 e. The molecule has 2 aromatic carbocycles. The molecule has 0 aliphatic carbocycles. The first-order valence-electron chi connectivity index (χ1n) is 10.4. The second-order valence-corrected chi connectivity index (χ2v) is 9.39. The Hall–Kier alpha value is -3.86. The van der Waals surface area contributed by atoms with E-state index in [1.807, 2.05) is 7.05 Å². The number of nitrogens with zero attached hydrogens (tertiary/aromatic N) is 3. The van der Waals surface area contributed by atoms with Crippen molar-refractivity contribution in [2.75, 3.05) is 14.2 Å². The van der Waals surface area contributed by atoms with Crippen LogP contribution in [0, 0.1) is 0 Å². The molecule has 1 aliphatic heterocycles. The molecule has 10 nitrogen and oxygen atoms in total. The monoisotopic (exact) mass is 483 g/mol. The molecule has 0 fully saturated rings. The lowest BCUT2D eigenvalue weighted by atomic mass is 10.0. The van der Waals surface area contributed by atoms with Crippen molar-refractivity contribution >= 4 is 21.8 Å². The fourth-order valence-corrected chi connectivity index (χ4v) is 4.93. The number of imidazole rings is 1. The molecule has 2 heterocycles. The van der Waals surface area contributed by atoms with Crippen molar-refractivity contribution in [3.8, 4) is 11.5 Å². The maximum atomic E-state index is 13.2. The van der Waals surface area contributed by atoms with Gasteiger partial charge in [0.2, 0.25) is 5.91 Å². The zero-order valence-corrected chi connectivity index (χ0v) is 20.0. The van der Waals surface area contributed by atoms with Gasteiger partial charge in [-0.1, -0.05) is 12.1 Å². The predicted octanol–water partition coefficient (Wildman–Crippen LogP) is 1.77. The second kappa shape index (κ2) is 9.18. The first-order valence-corrected chi connectivity index (χ1v) is 11.9. The van der Waals surface area contributed by atoms with Crippen LogP contribution in [0.15, 0.2) is 64.7 Å². The zero-order chi connectivity index (χ0) is 24.5. The fourth-order valence-electron chi connectivity index (χ4n) is 3.69. The summed E-state index contributed by atoms with van der Waals surface area (Å²) in [6, 6.07) is 10.3. The average Bonchev–Trinajstić information content (AvgIpc) is 3.36. The van der Waals surface area contributed by atoms with Gasteiger partial charge >= 0.3 is 0 Å². The number of aromatic nitrogens is 2. The molecule has 3 aromatic rings. The Morgan fingerprint density at radius 2 is 1.82 bits per heavy atom. The average molecular weight is 484 g/mol. The van der Waals surface area contributed by atoms with Gasteiger partial charge in [0.15, 0.2) is 0 Å². The van der Waals surface area contributed by atoms with Crippen LogP contribution in [-0.2, 0) is 21.9 Å². The minimum absolute atomic E-state index is 0.134. The number of sulfonamides is 1. The third kappa shape index (κ3) is 4.46. The van der Waals surface area contributed by atoms with Crippen LogP contribution in [0.3, 0.4) is 0 Å². The van der Waals surface area contributed by atoms with Gasteiger partial charge in [-0.25, -0.2) is 13.4 Å². The van der Waals surface area contributed by atoms with Gasteiger partial charge in [0.25, 0.3) is 10.0 Å². The van der Waals surface area contributed by atoms with E-state index in [0.29, 0.717) is 28.5 Å². The third-order valence-electron chi connectivity index (χ3n) is 5.48. The van der Waals surface area contributed by atoms with Crippen LogP contribution < -0.4 is 19.5 Å².